The molecule has 2 saturated heterocycles. The van der Waals surface area contributed by atoms with Crippen molar-refractivity contribution in [2.24, 2.45) is 0 Å². The van der Waals surface area contributed by atoms with Crippen molar-refractivity contribution in [2.45, 2.75) is 6.04 Å². The number of nitro benzene ring substituents is 1. The van der Waals surface area contributed by atoms with E-state index in [1.165, 1.54) is 22.6 Å². The van der Waals surface area contributed by atoms with Crippen LogP contribution in [0.3, 0.4) is 0 Å². The van der Waals surface area contributed by atoms with Crippen molar-refractivity contribution in [3.63, 3.8) is 0 Å². The zero-order valence-corrected chi connectivity index (χ0v) is 22.3. The van der Waals surface area contributed by atoms with Crippen LogP contribution in [0.5, 0.6) is 0 Å². The molecule has 2 fully saturated rings. The first-order valence-corrected chi connectivity index (χ1v) is 13.2. The molecule has 0 aromatic heterocycles. The standard InChI is InChI=1S/C28H24ClN5O4S/c29-21-9-7-20(8-10-21)25(19-4-2-1-3-5-19)33-14-12-32(13-15-33)23-11-6-18(17-24(23)34(37)38)16-22-26(35)30-28(39)31-27(22)36/h1-11,16-17,25H,12-15H2,(H2,30,31,35,36,39)/p+1/t25-/m0/s1. The van der Waals surface area contributed by atoms with Gasteiger partial charge in [0.25, 0.3) is 17.5 Å². The second kappa shape index (κ2) is 11.3. The molecule has 198 valence electrons. The molecule has 2 amide bonds. The smallest absolute Gasteiger partial charge is 0.293 e. The lowest BCUT2D eigenvalue weighted by Crippen LogP contribution is -3.15. The number of hydrogen-bond donors (Lipinski definition) is 3. The van der Waals surface area contributed by atoms with Crippen molar-refractivity contribution in [1.82, 2.24) is 10.6 Å². The highest BCUT2D eigenvalue weighted by molar-refractivity contribution is 7.80. The number of benzene rings is 3. The van der Waals surface area contributed by atoms with E-state index in [0.717, 1.165) is 18.7 Å². The Morgan fingerprint density at radius 3 is 2.18 bits per heavy atom. The van der Waals surface area contributed by atoms with Crippen LogP contribution in [-0.4, -0.2) is 48.0 Å². The summed E-state index contributed by atoms with van der Waals surface area (Å²) < 4.78 is 0. The Labute approximate surface area is 235 Å². The van der Waals surface area contributed by atoms with Gasteiger partial charge in [-0.2, -0.15) is 0 Å². The summed E-state index contributed by atoms with van der Waals surface area (Å²) in [6, 6.07) is 23.0. The zero-order chi connectivity index (χ0) is 27.5. The van der Waals surface area contributed by atoms with E-state index in [2.05, 4.69) is 34.9 Å². The van der Waals surface area contributed by atoms with Gasteiger partial charge in [-0.3, -0.25) is 30.3 Å². The highest BCUT2D eigenvalue weighted by atomic mass is 35.5. The van der Waals surface area contributed by atoms with Crippen molar-refractivity contribution < 1.29 is 19.4 Å². The fraction of sp³-hybridized carbons (Fsp3) is 0.179. The van der Waals surface area contributed by atoms with Crippen LogP contribution in [0, 0.1) is 10.1 Å². The normalized spacial score (nSPS) is 16.9. The Morgan fingerprint density at radius 1 is 0.949 bits per heavy atom. The van der Waals surface area contributed by atoms with Gasteiger partial charge >= 0.3 is 0 Å². The summed E-state index contributed by atoms with van der Waals surface area (Å²) in [6.45, 7) is 2.78. The van der Waals surface area contributed by atoms with Gasteiger partial charge in [0.1, 0.15) is 17.3 Å². The Balaban J connectivity index is 1.37. The van der Waals surface area contributed by atoms with Gasteiger partial charge < -0.3 is 9.80 Å². The number of thiocarbonyl (C=S) groups is 1. The average molecular weight is 563 g/mol. The molecule has 0 aliphatic carbocycles. The van der Waals surface area contributed by atoms with Gasteiger partial charge in [0.05, 0.1) is 31.1 Å². The maximum Gasteiger partial charge on any atom is 0.293 e. The molecule has 9 nitrogen and oxygen atoms in total. The Bertz CT molecular complexity index is 1450. The number of nitrogens with zero attached hydrogens (tertiary/aromatic N) is 2. The SMILES string of the molecule is O=C1NC(=S)NC(=O)C1=Cc1ccc(N2CC[NH+]([C@@H](c3ccccc3)c3ccc(Cl)cc3)CC2)c([N+](=O)[O-])c1. The molecule has 5 rings (SSSR count). The third-order valence-corrected chi connectivity index (χ3v) is 7.40. The van der Waals surface area contributed by atoms with Crippen LogP contribution >= 0.6 is 23.8 Å². The number of carbonyl (C=O) groups excluding carboxylic acids is 2. The Hall–Kier alpha value is -4.12. The van der Waals surface area contributed by atoms with Crippen molar-refractivity contribution in [1.29, 1.82) is 0 Å². The first-order valence-electron chi connectivity index (χ1n) is 12.4. The number of anilines is 1. The number of quaternary nitrogens is 1. The molecular weight excluding hydrogens is 538 g/mol. The molecule has 0 saturated carbocycles. The van der Waals surface area contributed by atoms with Gasteiger partial charge in [0, 0.05) is 22.2 Å². The highest BCUT2D eigenvalue weighted by Crippen LogP contribution is 2.31. The maximum absolute atomic E-state index is 12.2. The zero-order valence-electron chi connectivity index (χ0n) is 20.7. The average Bonchev–Trinajstić information content (AvgIpc) is 2.93. The van der Waals surface area contributed by atoms with E-state index in [1.54, 1.807) is 12.1 Å². The van der Waals surface area contributed by atoms with Crippen molar-refractivity contribution in [2.75, 3.05) is 31.1 Å². The number of piperazine rings is 1. The largest absolute Gasteiger partial charge is 0.355 e. The second-order valence-corrected chi connectivity index (χ2v) is 10.2. The van der Waals surface area contributed by atoms with Crippen LogP contribution in [0.2, 0.25) is 5.02 Å². The summed E-state index contributed by atoms with van der Waals surface area (Å²) in [5, 5.41) is 17.4. The van der Waals surface area contributed by atoms with Crippen LogP contribution < -0.4 is 20.4 Å². The van der Waals surface area contributed by atoms with Gasteiger partial charge in [-0.25, -0.2) is 0 Å². The summed E-state index contributed by atoms with van der Waals surface area (Å²) in [5.41, 5.74) is 2.98. The number of nitrogens with one attached hydrogen (secondary N) is 3. The topological polar surface area (TPSA) is 109 Å². The molecule has 1 atom stereocenters. The van der Waals surface area contributed by atoms with Crippen molar-refractivity contribution in [3.8, 4) is 0 Å². The number of hydrogen-bond acceptors (Lipinski definition) is 6. The second-order valence-electron chi connectivity index (χ2n) is 9.34. The summed E-state index contributed by atoms with van der Waals surface area (Å²) in [5.74, 6) is -1.30. The Morgan fingerprint density at radius 2 is 1.56 bits per heavy atom. The molecule has 0 unspecified atom stereocenters. The Kier molecular flexibility index (Phi) is 7.69. The van der Waals surface area contributed by atoms with E-state index < -0.39 is 16.7 Å². The third-order valence-electron chi connectivity index (χ3n) is 6.94. The molecule has 2 heterocycles. The molecule has 0 spiro atoms. The molecule has 2 aliphatic rings. The third kappa shape index (κ3) is 5.83. The fourth-order valence-electron chi connectivity index (χ4n) is 5.10. The maximum atomic E-state index is 12.2. The minimum Gasteiger partial charge on any atom is -0.355 e. The minimum absolute atomic E-state index is 0.0738. The van der Waals surface area contributed by atoms with Crippen molar-refractivity contribution >= 4 is 58.2 Å². The lowest BCUT2D eigenvalue weighted by molar-refractivity contribution is -0.926. The number of carbonyl (C=O) groups is 2. The summed E-state index contributed by atoms with van der Waals surface area (Å²) in [7, 11) is 0. The molecule has 3 aromatic carbocycles. The van der Waals surface area contributed by atoms with Crippen LogP contribution in [0.25, 0.3) is 6.08 Å². The van der Waals surface area contributed by atoms with Gasteiger partial charge in [-0.05, 0) is 42.1 Å². The van der Waals surface area contributed by atoms with E-state index in [4.69, 9.17) is 23.8 Å². The quantitative estimate of drug-likeness (QED) is 0.140. The van der Waals surface area contributed by atoms with Crippen LogP contribution in [0.4, 0.5) is 11.4 Å². The summed E-state index contributed by atoms with van der Waals surface area (Å²) in [4.78, 5) is 39.3. The van der Waals surface area contributed by atoms with E-state index in [0.29, 0.717) is 29.4 Å². The van der Waals surface area contributed by atoms with Gasteiger partial charge in [0.15, 0.2) is 5.11 Å². The molecule has 3 aromatic rings. The van der Waals surface area contributed by atoms with Gasteiger partial charge in [0.2, 0.25) is 0 Å². The summed E-state index contributed by atoms with van der Waals surface area (Å²) >= 11 is 11.0. The van der Waals surface area contributed by atoms with Gasteiger partial charge in [-0.15, -0.1) is 0 Å². The van der Waals surface area contributed by atoms with E-state index in [1.807, 2.05) is 35.2 Å². The van der Waals surface area contributed by atoms with E-state index in [9.17, 15) is 19.7 Å². The van der Waals surface area contributed by atoms with Crippen molar-refractivity contribution in [3.05, 3.63) is 110 Å². The predicted molar refractivity (Wildman–Crippen MR) is 153 cm³/mol. The van der Waals surface area contributed by atoms with Crippen LogP contribution in [0.15, 0.2) is 78.4 Å². The number of rotatable bonds is 6. The predicted octanol–water partition coefficient (Wildman–Crippen LogP) is 2.66. The van der Waals surface area contributed by atoms with Crippen LogP contribution in [-0.2, 0) is 9.59 Å². The highest BCUT2D eigenvalue weighted by Gasteiger charge is 2.32. The summed E-state index contributed by atoms with van der Waals surface area (Å²) in [6.07, 6.45) is 1.32. The monoisotopic (exact) mass is 562 g/mol. The number of amides is 2. The van der Waals surface area contributed by atoms with E-state index >= 15 is 0 Å². The fourth-order valence-corrected chi connectivity index (χ4v) is 5.42. The first kappa shape index (κ1) is 26.5. The van der Waals surface area contributed by atoms with E-state index in [-0.39, 0.29) is 22.4 Å². The molecular formula is C28H25ClN5O4S+. The number of nitro groups is 1. The molecule has 2 aliphatic heterocycles. The lowest BCUT2D eigenvalue weighted by atomic mass is 9.96. The van der Waals surface area contributed by atoms with Gasteiger partial charge in [-0.1, -0.05) is 60.1 Å². The molecule has 39 heavy (non-hydrogen) atoms. The van der Waals surface area contributed by atoms with Crippen LogP contribution in [0.1, 0.15) is 22.7 Å². The lowest BCUT2D eigenvalue weighted by Gasteiger charge is -2.37. The molecule has 0 bridgehead atoms. The molecule has 0 radical (unpaired) electrons. The molecule has 11 heteroatoms. The number of halogens is 1. The first-order chi connectivity index (χ1) is 18.8. The minimum atomic E-state index is -0.650. The molecule has 3 N–H and O–H groups in total.